The van der Waals surface area contributed by atoms with Gasteiger partial charge in [0.1, 0.15) is 23.9 Å². The SMILES string of the molecule is CCC1NCCC1C(=O)N(C)[C@H](C(=O)N[C@H]1Cc2cc(O)cc(c2)-c2ccc3c(c2)c(c(-c2cccnc2C(C)C)n3CC)CC(C)(C)COC(=O)[C@@H]2CCCN(N2)C1=O)C(C)C. The van der Waals surface area contributed by atoms with Crippen molar-refractivity contribution < 1.29 is 29.0 Å². The van der Waals surface area contributed by atoms with Gasteiger partial charge in [-0.05, 0) is 116 Å². The van der Waals surface area contributed by atoms with Gasteiger partial charge in [-0.3, -0.25) is 29.2 Å². The average Bonchev–Trinajstić information content (AvgIpc) is 3.86. The van der Waals surface area contributed by atoms with Gasteiger partial charge in [-0.25, -0.2) is 5.43 Å². The fraction of sp³-hybridized carbons (Fsp3) is 0.540. The molecule has 63 heavy (non-hydrogen) atoms. The number of ether oxygens (including phenoxy) is 1. The summed E-state index contributed by atoms with van der Waals surface area (Å²) in [5.74, 6) is -1.71. The van der Waals surface area contributed by atoms with Crippen molar-refractivity contribution in [3.8, 4) is 28.1 Å². The predicted octanol–water partition coefficient (Wildman–Crippen LogP) is 6.74. The van der Waals surface area contributed by atoms with E-state index in [2.05, 4.69) is 79.5 Å². The van der Waals surface area contributed by atoms with Crippen LogP contribution in [0, 0.1) is 17.3 Å². The molecule has 0 radical (unpaired) electrons. The molecule has 3 aliphatic rings. The summed E-state index contributed by atoms with van der Waals surface area (Å²) in [4.78, 5) is 63.4. The lowest BCUT2D eigenvalue weighted by molar-refractivity contribution is -0.155. The maximum atomic E-state index is 14.7. The normalized spacial score (nSPS) is 22.2. The summed E-state index contributed by atoms with van der Waals surface area (Å²) in [5, 5.41) is 20.3. The first-order valence-electron chi connectivity index (χ1n) is 23.0. The van der Waals surface area contributed by atoms with E-state index < -0.39 is 41.3 Å². The fourth-order valence-electron chi connectivity index (χ4n) is 10.2. The van der Waals surface area contributed by atoms with Crippen molar-refractivity contribution in [1.82, 2.24) is 35.5 Å². The highest BCUT2D eigenvalue weighted by molar-refractivity contribution is 5.96. The van der Waals surface area contributed by atoms with Crippen LogP contribution in [-0.4, -0.2) is 99.2 Å². The van der Waals surface area contributed by atoms with E-state index in [1.807, 2.05) is 39.1 Å². The van der Waals surface area contributed by atoms with Gasteiger partial charge in [-0.1, -0.05) is 60.6 Å². The molecule has 5 heterocycles. The summed E-state index contributed by atoms with van der Waals surface area (Å²) in [6.45, 7) is 18.4. The van der Waals surface area contributed by atoms with E-state index in [9.17, 15) is 24.3 Å². The Morgan fingerprint density at radius 1 is 1.05 bits per heavy atom. The van der Waals surface area contributed by atoms with Crippen molar-refractivity contribution in [1.29, 1.82) is 0 Å². The molecule has 2 aromatic heterocycles. The zero-order valence-electron chi connectivity index (χ0n) is 38.6. The molecule has 3 aliphatic heterocycles. The molecular formula is C50H67N7O6. The number of fused-ring (bicyclic) bond motifs is 6. The molecule has 3 amide bonds. The van der Waals surface area contributed by atoms with Crippen LogP contribution in [0.5, 0.6) is 5.75 Å². The summed E-state index contributed by atoms with van der Waals surface area (Å²) in [6, 6.07) is 13.1. The first kappa shape index (κ1) is 45.7. The molecule has 7 rings (SSSR count). The molecule has 2 aromatic carbocycles. The van der Waals surface area contributed by atoms with Gasteiger partial charge in [0.15, 0.2) is 0 Å². The maximum absolute atomic E-state index is 14.7. The quantitative estimate of drug-likeness (QED) is 0.134. The Bertz CT molecular complexity index is 2350. The van der Waals surface area contributed by atoms with E-state index in [1.165, 1.54) is 5.01 Å². The summed E-state index contributed by atoms with van der Waals surface area (Å²) >= 11 is 0. The third kappa shape index (κ3) is 9.50. The van der Waals surface area contributed by atoms with E-state index in [4.69, 9.17) is 9.72 Å². The standard InChI is InChI=1S/C50H67N7O6/c1-10-39-35(18-20-51-39)47(60)55(9)44(30(5)6)46(59)53-41-24-31-22-33(25-34(58)23-31)32-16-17-42-37(26-32)38(45(56(42)11-2)36-14-12-19-52-43(36)29(3)4)27-50(7,8)28-63-49(62)40-15-13-21-57(54-40)48(41)61/h12,14,16-17,19,22-23,25-26,29-30,35,39-41,44,51,54,58H,10-11,13,15,18,20-21,24,27-28H2,1-9H3,(H,53,59)/t35?,39?,40-,41-,44-/m0/s1. The molecule has 0 saturated carbocycles. The number of benzene rings is 2. The summed E-state index contributed by atoms with van der Waals surface area (Å²) in [7, 11) is 1.67. The fourth-order valence-corrected chi connectivity index (χ4v) is 10.2. The number of likely N-dealkylation sites (N-methyl/N-ethyl adjacent to an activating group) is 1. The third-order valence-electron chi connectivity index (χ3n) is 13.3. The summed E-state index contributed by atoms with van der Waals surface area (Å²) in [5.41, 5.74) is 10.3. The lowest BCUT2D eigenvalue weighted by Gasteiger charge is -2.37. The number of aromatic hydroxyl groups is 1. The molecule has 4 N–H and O–H groups in total. The average molecular weight is 862 g/mol. The van der Waals surface area contributed by atoms with E-state index in [1.54, 1.807) is 24.1 Å². The topological polar surface area (TPSA) is 158 Å². The second-order valence-electron chi connectivity index (χ2n) is 19.3. The Balaban J connectivity index is 1.33. The highest BCUT2D eigenvalue weighted by Crippen LogP contribution is 2.42. The van der Waals surface area contributed by atoms with Gasteiger partial charge in [0.25, 0.3) is 5.91 Å². The second kappa shape index (κ2) is 18.8. The number of amides is 3. The Hall–Kier alpha value is -5.27. The molecule has 0 spiro atoms. The van der Waals surface area contributed by atoms with Crippen LogP contribution in [0.1, 0.15) is 104 Å². The zero-order valence-corrected chi connectivity index (χ0v) is 38.6. The smallest absolute Gasteiger partial charge is 0.324 e. The number of hydrogen-bond donors (Lipinski definition) is 4. The Labute approximate surface area is 372 Å². The first-order valence-corrected chi connectivity index (χ1v) is 23.0. The molecule has 2 saturated heterocycles. The molecule has 338 valence electrons. The number of carbonyl (C=O) groups is 4. The molecule has 2 fully saturated rings. The maximum Gasteiger partial charge on any atom is 0.324 e. The number of aryl methyl sites for hydroxylation is 1. The number of pyridine rings is 1. The molecule has 5 atom stereocenters. The van der Waals surface area contributed by atoms with Crippen molar-refractivity contribution in [3.05, 3.63) is 71.5 Å². The first-order chi connectivity index (χ1) is 30.0. The number of hydrazine groups is 1. The van der Waals surface area contributed by atoms with Gasteiger partial charge >= 0.3 is 5.97 Å². The Morgan fingerprint density at radius 3 is 2.54 bits per heavy atom. The number of nitrogens with one attached hydrogen (secondary N) is 3. The number of nitrogens with zero attached hydrogens (tertiary/aromatic N) is 4. The largest absolute Gasteiger partial charge is 0.508 e. The molecule has 2 unspecified atom stereocenters. The Kier molecular flexibility index (Phi) is 13.7. The van der Waals surface area contributed by atoms with Gasteiger partial charge in [0, 0.05) is 60.7 Å². The zero-order chi connectivity index (χ0) is 45.3. The third-order valence-corrected chi connectivity index (χ3v) is 13.3. The lowest BCUT2D eigenvalue weighted by atomic mass is 9.83. The van der Waals surface area contributed by atoms with Crippen molar-refractivity contribution >= 4 is 34.6 Å². The van der Waals surface area contributed by atoms with E-state index in [0.717, 1.165) is 57.5 Å². The minimum absolute atomic E-state index is 0.0274. The summed E-state index contributed by atoms with van der Waals surface area (Å²) < 4.78 is 8.46. The number of hydrogen-bond acceptors (Lipinski definition) is 9. The van der Waals surface area contributed by atoms with Crippen LogP contribution in [0.4, 0.5) is 0 Å². The van der Waals surface area contributed by atoms with Crippen LogP contribution in [0.2, 0.25) is 0 Å². The lowest BCUT2D eigenvalue weighted by Crippen LogP contribution is -2.62. The number of esters is 1. The van der Waals surface area contributed by atoms with E-state index in [0.29, 0.717) is 44.3 Å². The van der Waals surface area contributed by atoms with Crippen LogP contribution in [0.3, 0.4) is 0 Å². The van der Waals surface area contributed by atoms with Crippen molar-refractivity contribution in [2.45, 2.75) is 131 Å². The molecule has 13 heteroatoms. The minimum Gasteiger partial charge on any atom is -0.508 e. The van der Waals surface area contributed by atoms with E-state index in [-0.39, 0.29) is 48.5 Å². The summed E-state index contributed by atoms with van der Waals surface area (Å²) in [6.07, 6.45) is 5.00. The molecule has 0 aliphatic carbocycles. The monoisotopic (exact) mass is 862 g/mol. The van der Waals surface area contributed by atoms with Crippen LogP contribution in [0.15, 0.2) is 54.7 Å². The highest BCUT2D eigenvalue weighted by Gasteiger charge is 2.41. The number of phenolic OH excluding ortho intramolecular Hbond substituents is 1. The number of cyclic esters (lactones) is 1. The van der Waals surface area contributed by atoms with Gasteiger partial charge in [-0.2, -0.15) is 0 Å². The highest BCUT2D eigenvalue weighted by atomic mass is 16.5. The van der Waals surface area contributed by atoms with Gasteiger partial charge < -0.3 is 29.9 Å². The molecule has 4 aromatic rings. The van der Waals surface area contributed by atoms with Gasteiger partial charge in [0.2, 0.25) is 11.8 Å². The van der Waals surface area contributed by atoms with Gasteiger partial charge in [-0.15, -0.1) is 0 Å². The van der Waals surface area contributed by atoms with Crippen LogP contribution in [0.25, 0.3) is 33.3 Å². The van der Waals surface area contributed by atoms with Crippen LogP contribution < -0.4 is 16.1 Å². The molecule has 13 nitrogen and oxygen atoms in total. The Morgan fingerprint density at radius 2 is 1.83 bits per heavy atom. The number of carbonyl (C=O) groups excluding carboxylic acids is 4. The predicted molar refractivity (Wildman–Crippen MR) is 246 cm³/mol. The minimum atomic E-state index is -1.10. The molecular weight excluding hydrogens is 795 g/mol. The second-order valence-corrected chi connectivity index (χ2v) is 19.3. The van der Waals surface area contributed by atoms with Crippen molar-refractivity contribution in [2.75, 3.05) is 26.7 Å². The number of phenols is 1. The molecule has 6 bridgehead atoms. The van der Waals surface area contributed by atoms with Crippen molar-refractivity contribution in [3.63, 3.8) is 0 Å². The van der Waals surface area contributed by atoms with Crippen LogP contribution in [-0.2, 0) is 43.3 Å². The van der Waals surface area contributed by atoms with Crippen molar-refractivity contribution in [2.24, 2.45) is 17.3 Å². The number of rotatable bonds is 9. The van der Waals surface area contributed by atoms with Crippen LogP contribution >= 0.6 is 0 Å². The number of aromatic nitrogens is 2. The van der Waals surface area contributed by atoms with Gasteiger partial charge in [0.05, 0.1) is 23.9 Å². The van der Waals surface area contributed by atoms with E-state index >= 15 is 0 Å².